The summed E-state index contributed by atoms with van der Waals surface area (Å²) >= 11 is 3.58. The minimum absolute atomic E-state index is 0.250. The molecule has 0 aliphatic rings. The molecule has 102 valence electrons. The Kier molecular flexibility index (Phi) is 4.61. The summed E-state index contributed by atoms with van der Waals surface area (Å²) in [6, 6.07) is 6.28. The largest absolute Gasteiger partial charge is 0.497 e. The second kappa shape index (κ2) is 6.21. The van der Waals surface area contributed by atoms with Crippen molar-refractivity contribution in [2.45, 2.75) is 19.5 Å². The number of nitrogens with zero attached hydrogens (tertiary/aromatic N) is 2. The highest BCUT2D eigenvalue weighted by Gasteiger charge is 2.10. The van der Waals surface area contributed by atoms with E-state index in [1.54, 1.807) is 7.11 Å². The van der Waals surface area contributed by atoms with Gasteiger partial charge in [0.1, 0.15) is 5.75 Å². The maximum Gasteiger partial charge on any atom is 0.120 e. The number of hydrogen-bond acceptors (Lipinski definition) is 3. The van der Waals surface area contributed by atoms with Gasteiger partial charge < -0.3 is 10.1 Å². The number of benzene rings is 1. The molecule has 0 fully saturated rings. The molecule has 0 saturated heterocycles. The van der Waals surface area contributed by atoms with Gasteiger partial charge in [-0.25, -0.2) is 0 Å². The topological polar surface area (TPSA) is 39.1 Å². The summed E-state index contributed by atoms with van der Waals surface area (Å²) in [4.78, 5) is 0. The molecule has 19 heavy (non-hydrogen) atoms. The zero-order valence-electron chi connectivity index (χ0n) is 11.4. The van der Waals surface area contributed by atoms with Gasteiger partial charge in [0.2, 0.25) is 0 Å². The average Bonchev–Trinajstić information content (AvgIpc) is 2.81. The number of ether oxygens (including phenoxy) is 1. The molecule has 2 rings (SSSR count). The molecule has 1 aromatic carbocycles. The van der Waals surface area contributed by atoms with Gasteiger partial charge in [-0.15, -0.1) is 0 Å². The molecule has 0 bridgehead atoms. The zero-order valence-corrected chi connectivity index (χ0v) is 12.9. The summed E-state index contributed by atoms with van der Waals surface area (Å²) in [6.07, 6.45) is 3.89. The van der Waals surface area contributed by atoms with E-state index < -0.39 is 0 Å². The predicted molar refractivity (Wildman–Crippen MR) is 79.2 cm³/mol. The Morgan fingerprint density at radius 3 is 2.84 bits per heavy atom. The molecule has 1 unspecified atom stereocenters. The van der Waals surface area contributed by atoms with Crippen LogP contribution in [-0.4, -0.2) is 16.9 Å². The van der Waals surface area contributed by atoms with Crippen molar-refractivity contribution in [1.29, 1.82) is 0 Å². The summed E-state index contributed by atoms with van der Waals surface area (Å²) in [5, 5.41) is 7.64. The lowest BCUT2D eigenvalue weighted by atomic mass is 10.1. The van der Waals surface area contributed by atoms with Gasteiger partial charge in [0.05, 0.1) is 13.3 Å². The summed E-state index contributed by atoms with van der Waals surface area (Å²) in [5.74, 6) is 0.857. The summed E-state index contributed by atoms with van der Waals surface area (Å²) in [6.45, 7) is 2.94. The molecular weight excluding hydrogens is 306 g/mol. The highest BCUT2D eigenvalue weighted by Crippen LogP contribution is 2.27. The fraction of sp³-hybridized carbons (Fsp3) is 0.357. The lowest BCUT2D eigenvalue weighted by molar-refractivity contribution is 0.414. The quantitative estimate of drug-likeness (QED) is 0.919. The summed E-state index contributed by atoms with van der Waals surface area (Å²) < 4.78 is 8.06. The third-order valence-electron chi connectivity index (χ3n) is 3.04. The average molecular weight is 324 g/mol. The molecule has 2 aromatic rings. The molecule has 0 saturated carbocycles. The van der Waals surface area contributed by atoms with E-state index in [4.69, 9.17) is 4.74 Å². The van der Waals surface area contributed by atoms with Crippen molar-refractivity contribution in [3.05, 3.63) is 46.2 Å². The van der Waals surface area contributed by atoms with Crippen LogP contribution in [0.25, 0.3) is 0 Å². The first-order chi connectivity index (χ1) is 9.10. The van der Waals surface area contributed by atoms with Crippen LogP contribution in [0.2, 0.25) is 0 Å². The van der Waals surface area contributed by atoms with Crippen LogP contribution in [0.15, 0.2) is 35.1 Å². The highest BCUT2D eigenvalue weighted by atomic mass is 79.9. The molecule has 4 nitrogen and oxygen atoms in total. The zero-order chi connectivity index (χ0) is 13.8. The van der Waals surface area contributed by atoms with Gasteiger partial charge >= 0.3 is 0 Å². The second-order valence-corrected chi connectivity index (χ2v) is 5.37. The Morgan fingerprint density at radius 2 is 2.26 bits per heavy atom. The van der Waals surface area contributed by atoms with Gasteiger partial charge in [-0.3, -0.25) is 4.68 Å². The number of nitrogens with one attached hydrogen (secondary N) is 1. The molecule has 0 radical (unpaired) electrons. The van der Waals surface area contributed by atoms with Crippen molar-refractivity contribution in [3.63, 3.8) is 0 Å². The molecule has 1 N–H and O–H groups in total. The normalized spacial score (nSPS) is 12.4. The van der Waals surface area contributed by atoms with Crippen molar-refractivity contribution in [2.75, 3.05) is 7.11 Å². The van der Waals surface area contributed by atoms with Crippen LogP contribution < -0.4 is 10.1 Å². The Hall–Kier alpha value is -1.33. The first kappa shape index (κ1) is 14.1. The van der Waals surface area contributed by atoms with Crippen LogP contribution in [0.5, 0.6) is 5.75 Å². The fourth-order valence-electron chi connectivity index (χ4n) is 1.93. The number of aromatic nitrogens is 2. The van der Waals surface area contributed by atoms with E-state index in [-0.39, 0.29) is 6.04 Å². The molecule has 0 aliphatic carbocycles. The minimum atomic E-state index is 0.250. The van der Waals surface area contributed by atoms with Crippen molar-refractivity contribution < 1.29 is 4.74 Å². The standard InChI is InChI=1S/C14H18BrN3O/c1-10(16-7-11-8-17-18(2)9-11)13-5-4-12(19-3)6-14(13)15/h4-6,8-10,16H,7H2,1-3H3. The van der Waals surface area contributed by atoms with Crippen molar-refractivity contribution in [2.24, 2.45) is 7.05 Å². The van der Waals surface area contributed by atoms with Gasteiger partial charge in [0, 0.05) is 35.9 Å². The monoisotopic (exact) mass is 323 g/mol. The molecule has 1 atom stereocenters. The van der Waals surface area contributed by atoms with Crippen LogP contribution >= 0.6 is 15.9 Å². The molecule has 1 heterocycles. The maximum atomic E-state index is 5.20. The third kappa shape index (κ3) is 3.58. The lowest BCUT2D eigenvalue weighted by Crippen LogP contribution is -2.18. The van der Waals surface area contributed by atoms with Gasteiger partial charge in [-0.2, -0.15) is 5.10 Å². The summed E-state index contributed by atoms with van der Waals surface area (Å²) in [5.41, 5.74) is 2.39. The molecule has 5 heteroatoms. The minimum Gasteiger partial charge on any atom is -0.497 e. The van der Waals surface area contributed by atoms with Crippen LogP contribution in [0.3, 0.4) is 0 Å². The Morgan fingerprint density at radius 1 is 1.47 bits per heavy atom. The third-order valence-corrected chi connectivity index (χ3v) is 3.73. The fourth-order valence-corrected chi connectivity index (χ4v) is 2.63. The first-order valence-electron chi connectivity index (χ1n) is 6.14. The van der Waals surface area contributed by atoms with E-state index in [9.17, 15) is 0 Å². The number of aryl methyl sites for hydroxylation is 1. The number of methoxy groups -OCH3 is 1. The van der Waals surface area contributed by atoms with Crippen molar-refractivity contribution >= 4 is 15.9 Å². The SMILES string of the molecule is COc1ccc(C(C)NCc2cnn(C)c2)c(Br)c1. The first-order valence-corrected chi connectivity index (χ1v) is 6.94. The molecule has 0 amide bonds. The second-order valence-electron chi connectivity index (χ2n) is 4.51. The number of rotatable bonds is 5. The van der Waals surface area contributed by atoms with E-state index >= 15 is 0 Å². The van der Waals surface area contributed by atoms with Crippen LogP contribution in [-0.2, 0) is 13.6 Å². The number of hydrogen-bond donors (Lipinski definition) is 1. The van der Waals surface area contributed by atoms with Crippen molar-refractivity contribution in [3.8, 4) is 5.75 Å². The van der Waals surface area contributed by atoms with E-state index in [1.165, 1.54) is 11.1 Å². The Labute approximate surface area is 121 Å². The van der Waals surface area contributed by atoms with Gasteiger partial charge in [-0.05, 0) is 24.6 Å². The van der Waals surface area contributed by atoms with E-state index in [2.05, 4.69) is 39.3 Å². The Bertz CT molecular complexity index is 553. The van der Waals surface area contributed by atoms with Crippen LogP contribution in [0.1, 0.15) is 24.1 Å². The molecule has 0 aliphatic heterocycles. The lowest BCUT2D eigenvalue weighted by Gasteiger charge is -2.16. The van der Waals surface area contributed by atoms with Gasteiger partial charge in [0.15, 0.2) is 0 Å². The van der Waals surface area contributed by atoms with Gasteiger partial charge in [0.25, 0.3) is 0 Å². The highest BCUT2D eigenvalue weighted by molar-refractivity contribution is 9.10. The smallest absolute Gasteiger partial charge is 0.120 e. The van der Waals surface area contributed by atoms with E-state index in [1.807, 2.05) is 36.3 Å². The van der Waals surface area contributed by atoms with E-state index in [0.717, 1.165) is 16.8 Å². The maximum absolute atomic E-state index is 5.20. The van der Waals surface area contributed by atoms with Crippen LogP contribution in [0, 0.1) is 0 Å². The Balaban J connectivity index is 2.01. The molecular formula is C14H18BrN3O. The number of halogens is 1. The predicted octanol–water partition coefficient (Wildman–Crippen LogP) is 3.04. The van der Waals surface area contributed by atoms with Crippen molar-refractivity contribution in [1.82, 2.24) is 15.1 Å². The van der Waals surface area contributed by atoms with Crippen LogP contribution in [0.4, 0.5) is 0 Å². The molecule has 1 aromatic heterocycles. The van der Waals surface area contributed by atoms with E-state index in [0.29, 0.717) is 0 Å². The summed E-state index contributed by atoms with van der Waals surface area (Å²) in [7, 11) is 3.60. The molecule has 0 spiro atoms. The van der Waals surface area contributed by atoms with Gasteiger partial charge in [-0.1, -0.05) is 22.0 Å².